The van der Waals surface area contributed by atoms with Gasteiger partial charge in [-0.1, -0.05) is 23.7 Å². The van der Waals surface area contributed by atoms with Crippen LogP contribution in [0.2, 0.25) is 5.02 Å². The fourth-order valence-corrected chi connectivity index (χ4v) is 2.34. The van der Waals surface area contributed by atoms with Crippen molar-refractivity contribution in [3.8, 4) is 17.2 Å². The second-order valence-corrected chi connectivity index (χ2v) is 4.84. The number of hydrogen-bond donors (Lipinski definition) is 1. The Morgan fingerprint density at radius 1 is 0.952 bits per heavy atom. The quantitative estimate of drug-likeness (QED) is 0.919. The van der Waals surface area contributed by atoms with Crippen LogP contribution in [-0.2, 0) is 0 Å². The zero-order chi connectivity index (χ0) is 15.4. The molecule has 0 radical (unpaired) electrons. The Labute approximate surface area is 128 Å². The van der Waals surface area contributed by atoms with Gasteiger partial charge in [-0.25, -0.2) is 0 Å². The van der Waals surface area contributed by atoms with E-state index in [4.69, 9.17) is 25.8 Å². The number of rotatable bonds is 5. The number of methoxy groups -OCH3 is 3. The molecular weight excluding hydrogens is 292 g/mol. The van der Waals surface area contributed by atoms with Gasteiger partial charge < -0.3 is 19.3 Å². The second kappa shape index (κ2) is 6.70. The first-order valence-electron chi connectivity index (χ1n) is 6.34. The van der Waals surface area contributed by atoms with Gasteiger partial charge in [-0.05, 0) is 17.7 Å². The van der Waals surface area contributed by atoms with E-state index in [1.165, 1.54) is 14.2 Å². The molecule has 1 unspecified atom stereocenters. The summed E-state index contributed by atoms with van der Waals surface area (Å²) in [5.74, 6) is 1.56. The van der Waals surface area contributed by atoms with Crippen molar-refractivity contribution in [2.45, 2.75) is 6.10 Å². The molecule has 4 nitrogen and oxygen atoms in total. The van der Waals surface area contributed by atoms with Crippen LogP contribution in [0.25, 0.3) is 0 Å². The summed E-state index contributed by atoms with van der Waals surface area (Å²) in [5, 5.41) is 11.2. The Kier molecular flexibility index (Phi) is 4.94. The van der Waals surface area contributed by atoms with Gasteiger partial charge in [0.15, 0.2) is 0 Å². The highest BCUT2D eigenvalue weighted by atomic mass is 35.5. The number of benzene rings is 2. The molecule has 2 rings (SSSR count). The number of aliphatic hydroxyl groups excluding tert-OH is 1. The zero-order valence-corrected chi connectivity index (χ0v) is 12.8. The van der Waals surface area contributed by atoms with Gasteiger partial charge in [0.1, 0.15) is 23.4 Å². The fraction of sp³-hybridized carbons (Fsp3) is 0.250. The van der Waals surface area contributed by atoms with Gasteiger partial charge >= 0.3 is 0 Å². The maximum absolute atomic E-state index is 10.6. The summed E-state index contributed by atoms with van der Waals surface area (Å²) in [6.45, 7) is 0. The fourth-order valence-electron chi connectivity index (χ4n) is 2.15. The van der Waals surface area contributed by atoms with Crippen LogP contribution in [0.1, 0.15) is 17.2 Å². The third-order valence-corrected chi connectivity index (χ3v) is 3.43. The lowest BCUT2D eigenvalue weighted by molar-refractivity contribution is 0.208. The van der Waals surface area contributed by atoms with Gasteiger partial charge in [0.25, 0.3) is 0 Å². The van der Waals surface area contributed by atoms with Crippen molar-refractivity contribution in [3.05, 3.63) is 52.5 Å². The number of hydrogen-bond acceptors (Lipinski definition) is 4. The summed E-state index contributed by atoms with van der Waals surface area (Å²) in [6.07, 6.45) is -0.917. The summed E-state index contributed by atoms with van der Waals surface area (Å²) in [6, 6.07) is 10.4. The second-order valence-electron chi connectivity index (χ2n) is 4.40. The van der Waals surface area contributed by atoms with E-state index < -0.39 is 6.10 Å². The maximum atomic E-state index is 10.6. The number of aliphatic hydroxyl groups is 1. The van der Waals surface area contributed by atoms with Crippen LogP contribution in [0.3, 0.4) is 0 Å². The van der Waals surface area contributed by atoms with Crippen LogP contribution in [0.15, 0.2) is 36.4 Å². The van der Waals surface area contributed by atoms with E-state index in [9.17, 15) is 5.11 Å². The SMILES string of the molecule is COc1cc(OC)c(C(O)c2cccc(Cl)c2)c(OC)c1. The average Bonchev–Trinajstić information content (AvgIpc) is 2.52. The predicted molar refractivity (Wildman–Crippen MR) is 81.6 cm³/mol. The summed E-state index contributed by atoms with van der Waals surface area (Å²) in [4.78, 5) is 0. The zero-order valence-electron chi connectivity index (χ0n) is 12.1. The van der Waals surface area contributed by atoms with E-state index in [2.05, 4.69) is 0 Å². The van der Waals surface area contributed by atoms with Crippen LogP contribution in [0.4, 0.5) is 0 Å². The average molecular weight is 309 g/mol. The van der Waals surface area contributed by atoms with Crippen molar-refractivity contribution >= 4 is 11.6 Å². The Morgan fingerprint density at radius 2 is 1.57 bits per heavy atom. The van der Waals surface area contributed by atoms with E-state index in [0.29, 0.717) is 33.4 Å². The monoisotopic (exact) mass is 308 g/mol. The topological polar surface area (TPSA) is 47.9 Å². The molecule has 0 aliphatic rings. The highest BCUT2D eigenvalue weighted by Crippen LogP contribution is 2.40. The highest BCUT2D eigenvalue weighted by Gasteiger charge is 2.22. The number of ether oxygens (including phenoxy) is 3. The lowest BCUT2D eigenvalue weighted by Crippen LogP contribution is -2.05. The molecule has 1 atom stereocenters. The standard InChI is InChI=1S/C16H17ClO4/c1-19-12-8-13(20-2)15(14(9-12)21-3)16(18)10-5-4-6-11(17)7-10/h4-9,16,18H,1-3H3. The van der Waals surface area contributed by atoms with E-state index in [0.717, 1.165) is 0 Å². The third kappa shape index (κ3) is 3.23. The first kappa shape index (κ1) is 15.5. The molecule has 0 spiro atoms. The van der Waals surface area contributed by atoms with Gasteiger partial charge in [-0.3, -0.25) is 0 Å². The molecule has 0 bridgehead atoms. The largest absolute Gasteiger partial charge is 0.496 e. The molecule has 21 heavy (non-hydrogen) atoms. The third-order valence-electron chi connectivity index (χ3n) is 3.19. The van der Waals surface area contributed by atoms with E-state index >= 15 is 0 Å². The molecule has 112 valence electrons. The van der Waals surface area contributed by atoms with Gasteiger partial charge in [0.05, 0.1) is 26.9 Å². The minimum atomic E-state index is -0.917. The van der Waals surface area contributed by atoms with E-state index in [-0.39, 0.29) is 0 Å². The lowest BCUT2D eigenvalue weighted by atomic mass is 9.99. The molecular formula is C16H17ClO4. The van der Waals surface area contributed by atoms with Crippen molar-refractivity contribution in [2.24, 2.45) is 0 Å². The Bertz CT molecular complexity index is 602. The molecule has 0 aromatic heterocycles. The molecule has 0 aliphatic carbocycles. The summed E-state index contributed by atoms with van der Waals surface area (Å²) < 4.78 is 15.9. The summed E-state index contributed by atoms with van der Waals surface area (Å²) in [7, 11) is 4.62. The lowest BCUT2D eigenvalue weighted by Gasteiger charge is -2.19. The van der Waals surface area contributed by atoms with Crippen molar-refractivity contribution in [1.82, 2.24) is 0 Å². The molecule has 5 heteroatoms. The maximum Gasteiger partial charge on any atom is 0.132 e. The van der Waals surface area contributed by atoms with Gasteiger partial charge in [-0.2, -0.15) is 0 Å². The van der Waals surface area contributed by atoms with Crippen LogP contribution in [0.5, 0.6) is 17.2 Å². The smallest absolute Gasteiger partial charge is 0.132 e. The van der Waals surface area contributed by atoms with Gasteiger partial charge in [0.2, 0.25) is 0 Å². The molecule has 2 aromatic carbocycles. The molecule has 0 heterocycles. The van der Waals surface area contributed by atoms with Crippen LogP contribution in [-0.4, -0.2) is 26.4 Å². The normalized spacial score (nSPS) is 11.9. The molecule has 0 aliphatic heterocycles. The predicted octanol–water partition coefficient (Wildman–Crippen LogP) is 3.45. The summed E-state index contributed by atoms with van der Waals surface area (Å²) in [5.41, 5.74) is 1.19. The Hall–Kier alpha value is -1.91. The Balaban J connectivity index is 2.55. The van der Waals surface area contributed by atoms with E-state index in [1.807, 2.05) is 0 Å². The first-order valence-corrected chi connectivity index (χ1v) is 6.72. The van der Waals surface area contributed by atoms with Crippen molar-refractivity contribution in [3.63, 3.8) is 0 Å². The molecule has 0 saturated carbocycles. The molecule has 0 fully saturated rings. The molecule has 0 amide bonds. The van der Waals surface area contributed by atoms with Crippen molar-refractivity contribution in [1.29, 1.82) is 0 Å². The molecule has 0 saturated heterocycles. The highest BCUT2D eigenvalue weighted by molar-refractivity contribution is 6.30. The molecule has 2 aromatic rings. The Morgan fingerprint density at radius 3 is 2.05 bits per heavy atom. The van der Waals surface area contributed by atoms with Gasteiger partial charge in [0, 0.05) is 17.2 Å². The van der Waals surface area contributed by atoms with Crippen molar-refractivity contribution < 1.29 is 19.3 Å². The van der Waals surface area contributed by atoms with Crippen LogP contribution in [0, 0.1) is 0 Å². The van der Waals surface area contributed by atoms with Gasteiger partial charge in [-0.15, -0.1) is 0 Å². The summed E-state index contributed by atoms with van der Waals surface area (Å²) >= 11 is 5.98. The minimum Gasteiger partial charge on any atom is -0.496 e. The van der Waals surface area contributed by atoms with E-state index in [1.54, 1.807) is 43.5 Å². The van der Waals surface area contributed by atoms with Crippen molar-refractivity contribution in [2.75, 3.05) is 21.3 Å². The van der Waals surface area contributed by atoms with Crippen LogP contribution >= 0.6 is 11.6 Å². The molecule has 1 N–H and O–H groups in total. The first-order chi connectivity index (χ1) is 10.1. The van der Waals surface area contributed by atoms with Crippen LogP contribution < -0.4 is 14.2 Å². The minimum absolute atomic E-state index is 0.485. The number of halogens is 1.